The van der Waals surface area contributed by atoms with E-state index in [0.717, 1.165) is 81.2 Å². The van der Waals surface area contributed by atoms with Crippen LogP contribution < -0.4 is 22.2 Å². The van der Waals surface area contributed by atoms with Crippen molar-refractivity contribution in [1.82, 2.24) is 39.2 Å². The predicted octanol–water partition coefficient (Wildman–Crippen LogP) is 3.36. The van der Waals surface area contributed by atoms with E-state index in [0.29, 0.717) is 66.0 Å². The van der Waals surface area contributed by atoms with Crippen LogP contribution in [0.25, 0.3) is 22.1 Å². The fourth-order valence-corrected chi connectivity index (χ4v) is 8.15. The van der Waals surface area contributed by atoms with Crippen LogP contribution in [-0.4, -0.2) is 96.8 Å². The number of likely N-dealkylation sites (tertiary alicyclic amines) is 2. The van der Waals surface area contributed by atoms with Gasteiger partial charge in [0.1, 0.15) is 17.4 Å². The van der Waals surface area contributed by atoms with Crippen molar-refractivity contribution in [1.29, 1.82) is 0 Å². The molecule has 0 unspecified atom stereocenters. The molecule has 0 bridgehead atoms. The molecule has 0 spiro atoms. The van der Waals surface area contributed by atoms with Crippen molar-refractivity contribution in [2.45, 2.75) is 68.7 Å². The summed E-state index contributed by atoms with van der Waals surface area (Å²) in [4.78, 5) is 54.6. The zero-order valence-electron chi connectivity index (χ0n) is 30.1. The molecule has 3 aliphatic rings. The number of ketones is 1. The molecular weight excluding hydrogens is 713 g/mol. The van der Waals surface area contributed by atoms with E-state index in [-0.39, 0.29) is 28.5 Å². The third kappa shape index (κ3) is 9.44. The Kier molecular flexibility index (Phi) is 12.2. The highest BCUT2D eigenvalue weighted by Crippen LogP contribution is 2.27. The summed E-state index contributed by atoms with van der Waals surface area (Å²) in [6.07, 6.45) is 7.05. The molecule has 15 heteroatoms. The van der Waals surface area contributed by atoms with E-state index < -0.39 is 0 Å². The number of nitrogens with zero attached hydrogens (tertiary/aromatic N) is 7. The zero-order valence-corrected chi connectivity index (χ0v) is 30.9. The van der Waals surface area contributed by atoms with Crippen molar-refractivity contribution in [3.8, 4) is 0 Å². The van der Waals surface area contributed by atoms with Crippen LogP contribution in [0.3, 0.4) is 0 Å². The molecule has 284 valence electrons. The van der Waals surface area contributed by atoms with Gasteiger partial charge in [0.15, 0.2) is 0 Å². The molecule has 3 N–H and O–H groups in total. The molecule has 12 nitrogen and oxygen atoms in total. The molecule has 2 saturated heterocycles. The number of aromatic nitrogens is 5. The lowest BCUT2D eigenvalue weighted by Gasteiger charge is -2.32. The lowest BCUT2D eigenvalue weighted by Crippen LogP contribution is -2.43. The van der Waals surface area contributed by atoms with Gasteiger partial charge in [0.25, 0.3) is 11.1 Å². The number of benzene rings is 2. The minimum Gasteiger partial charge on any atom is -0.328 e. The second-order valence-electron chi connectivity index (χ2n) is 14.2. The highest BCUT2D eigenvalue weighted by atomic mass is 32.2. The van der Waals surface area contributed by atoms with Crippen molar-refractivity contribution in [3.63, 3.8) is 0 Å². The maximum Gasteiger partial charge on any atom is 0.269 e. The van der Waals surface area contributed by atoms with Crippen LogP contribution in [0.5, 0.6) is 0 Å². The highest BCUT2D eigenvalue weighted by Gasteiger charge is 2.21. The number of fused-ring (bicyclic) bond motifs is 3. The summed E-state index contributed by atoms with van der Waals surface area (Å²) in [5.41, 5.74) is 9.72. The maximum atomic E-state index is 13.7. The van der Waals surface area contributed by atoms with Crippen molar-refractivity contribution < 1.29 is 13.6 Å². The SMILES string of the molecule is NC1CCN(CCn2c(=O)cnc3ccc(F)cc32)CC1.O=C1CSc2ccc(CNC3CCN(CCn4c(=O)cnc5ccc(F)cc54)CC3)nc2C1. The molecule has 0 amide bonds. The van der Waals surface area contributed by atoms with Crippen LogP contribution in [0, 0.1) is 11.6 Å². The molecule has 0 atom stereocenters. The Balaban J connectivity index is 0.000000184. The Bertz CT molecular complexity index is 2230. The van der Waals surface area contributed by atoms with Crippen molar-refractivity contribution in [2.24, 2.45) is 5.73 Å². The van der Waals surface area contributed by atoms with E-state index in [1.807, 2.05) is 6.07 Å². The molecule has 0 radical (unpaired) electrons. The monoisotopic (exact) mass is 757 g/mol. The van der Waals surface area contributed by atoms with Gasteiger partial charge in [-0.3, -0.25) is 19.4 Å². The van der Waals surface area contributed by atoms with Gasteiger partial charge in [-0.05, 0) is 100 Å². The predicted molar refractivity (Wildman–Crippen MR) is 206 cm³/mol. The molecule has 6 heterocycles. The van der Waals surface area contributed by atoms with Crippen LogP contribution in [0.1, 0.15) is 37.1 Å². The molecular formula is C39H45F2N9O3S. The lowest BCUT2D eigenvalue weighted by atomic mass is 10.0. The fourth-order valence-electron chi connectivity index (χ4n) is 7.29. The fraction of sp³-hybridized carbons (Fsp3) is 0.436. The third-order valence-electron chi connectivity index (χ3n) is 10.4. The van der Waals surface area contributed by atoms with Gasteiger partial charge in [-0.25, -0.2) is 18.7 Å². The Hall–Kier alpha value is -4.41. The van der Waals surface area contributed by atoms with E-state index in [9.17, 15) is 23.2 Å². The first-order valence-electron chi connectivity index (χ1n) is 18.6. The number of thioether (sulfide) groups is 1. The number of nitrogens with two attached hydrogens (primary N) is 1. The molecule has 2 aromatic carbocycles. The number of Topliss-reactive ketones (excluding diaryl/α,β-unsaturated/α-hetero) is 1. The molecule has 0 saturated carbocycles. The van der Waals surface area contributed by atoms with Crippen molar-refractivity contribution >= 4 is 39.6 Å². The van der Waals surface area contributed by atoms with Gasteiger partial charge >= 0.3 is 0 Å². The van der Waals surface area contributed by atoms with Crippen LogP contribution in [0.2, 0.25) is 0 Å². The number of hydrogen-bond donors (Lipinski definition) is 2. The minimum absolute atomic E-state index is 0.193. The van der Waals surface area contributed by atoms with E-state index >= 15 is 0 Å². The Morgan fingerprint density at radius 3 is 1.87 bits per heavy atom. The summed E-state index contributed by atoms with van der Waals surface area (Å²) < 4.78 is 30.3. The van der Waals surface area contributed by atoms with Crippen LogP contribution >= 0.6 is 11.8 Å². The summed E-state index contributed by atoms with van der Waals surface area (Å²) in [6, 6.07) is 13.5. The first-order valence-corrected chi connectivity index (χ1v) is 19.5. The number of carbonyl (C=O) groups excluding carboxylic acids is 1. The molecule has 54 heavy (non-hydrogen) atoms. The smallest absolute Gasteiger partial charge is 0.269 e. The number of piperidine rings is 2. The summed E-state index contributed by atoms with van der Waals surface area (Å²) in [5, 5.41) is 3.60. The quantitative estimate of drug-likeness (QED) is 0.229. The second kappa shape index (κ2) is 17.4. The number of halogens is 2. The standard InChI is InChI=1S/C24H26FN5O2S.C15H19FN4O/c25-16-1-3-20-22(11-16)30(24(32)14-27-20)10-9-29-7-5-17(6-8-29)26-13-18-2-4-23-21(28-18)12-19(31)15-33-23;16-11-1-2-13-14(9-11)20(15(21)10-18-13)8-7-19-5-3-12(17)4-6-19/h1-4,11,14,17,26H,5-10,12-13,15H2;1-2,9-10,12H,3-8,17H2. The zero-order chi connectivity index (χ0) is 37.6. The van der Waals surface area contributed by atoms with Gasteiger partial charge in [0.2, 0.25) is 0 Å². The normalized spacial score (nSPS) is 17.4. The van der Waals surface area contributed by atoms with Gasteiger partial charge in [-0.1, -0.05) is 0 Å². The average Bonchev–Trinajstić information content (AvgIpc) is 3.17. The first-order chi connectivity index (χ1) is 26.2. The molecule has 3 aliphatic heterocycles. The first kappa shape index (κ1) is 37.9. The summed E-state index contributed by atoms with van der Waals surface area (Å²) >= 11 is 1.58. The number of rotatable bonds is 9. The summed E-state index contributed by atoms with van der Waals surface area (Å²) in [6.45, 7) is 7.02. The Morgan fingerprint density at radius 2 is 1.30 bits per heavy atom. The number of nitrogens with one attached hydrogen (secondary N) is 1. The van der Waals surface area contributed by atoms with Gasteiger partial charge in [-0.2, -0.15) is 0 Å². The summed E-state index contributed by atoms with van der Waals surface area (Å²) in [5.74, 6) is 0.0693. The van der Waals surface area contributed by atoms with Crippen LogP contribution in [0.4, 0.5) is 8.78 Å². The number of hydrogen-bond acceptors (Lipinski definition) is 11. The average molecular weight is 758 g/mol. The van der Waals surface area contributed by atoms with E-state index in [1.54, 1.807) is 33.0 Å². The second-order valence-corrected chi connectivity index (χ2v) is 15.2. The van der Waals surface area contributed by atoms with Crippen molar-refractivity contribution in [3.05, 3.63) is 105 Å². The maximum absolute atomic E-state index is 13.7. The van der Waals surface area contributed by atoms with Crippen molar-refractivity contribution in [2.75, 3.05) is 45.0 Å². The van der Waals surface area contributed by atoms with Crippen LogP contribution in [-0.2, 0) is 30.8 Å². The molecule has 8 rings (SSSR count). The highest BCUT2D eigenvalue weighted by molar-refractivity contribution is 8.00. The van der Waals surface area contributed by atoms with E-state index in [2.05, 4.69) is 36.1 Å². The van der Waals surface area contributed by atoms with Gasteiger partial charge in [0.05, 0.1) is 58.0 Å². The summed E-state index contributed by atoms with van der Waals surface area (Å²) in [7, 11) is 0. The molecule has 2 fully saturated rings. The Labute approximate surface area is 315 Å². The molecule has 5 aromatic rings. The minimum atomic E-state index is -0.366. The number of pyridine rings is 1. The van der Waals surface area contributed by atoms with Gasteiger partial charge in [0, 0.05) is 49.7 Å². The van der Waals surface area contributed by atoms with E-state index in [4.69, 9.17) is 5.73 Å². The lowest BCUT2D eigenvalue weighted by molar-refractivity contribution is -0.116. The molecule has 0 aliphatic carbocycles. The molecule has 3 aromatic heterocycles. The largest absolute Gasteiger partial charge is 0.328 e. The Morgan fingerprint density at radius 1 is 0.741 bits per heavy atom. The number of carbonyl (C=O) groups is 1. The van der Waals surface area contributed by atoms with Gasteiger partial charge in [-0.15, -0.1) is 11.8 Å². The topological polar surface area (TPSA) is 144 Å². The van der Waals surface area contributed by atoms with Gasteiger partial charge < -0.3 is 30.0 Å². The third-order valence-corrected chi connectivity index (χ3v) is 11.6. The van der Waals surface area contributed by atoms with Crippen LogP contribution in [0.15, 0.2) is 75.4 Å². The van der Waals surface area contributed by atoms with E-state index in [1.165, 1.54) is 36.7 Å².